The van der Waals surface area contributed by atoms with Gasteiger partial charge in [-0.1, -0.05) is 18.2 Å². The van der Waals surface area contributed by atoms with Gasteiger partial charge in [-0.15, -0.1) is 0 Å². The predicted molar refractivity (Wildman–Crippen MR) is 76.8 cm³/mol. The SMILES string of the molecule is COc1ccccc1[C@H](C)NC(=O)Cn1ccc(C(F)(F)F)n1. The third-order valence-corrected chi connectivity index (χ3v) is 3.22. The van der Waals surface area contributed by atoms with Crippen LogP contribution in [-0.2, 0) is 17.5 Å². The lowest BCUT2D eigenvalue weighted by Crippen LogP contribution is -2.30. The van der Waals surface area contributed by atoms with Gasteiger partial charge in [-0.05, 0) is 19.1 Å². The van der Waals surface area contributed by atoms with Crippen molar-refractivity contribution < 1.29 is 22.7 Å². The van der Waals surface area contributed by atoms with Crippen molar-refractivity contribution in [1.82, 2.24) is 15.1 Å². The molecule has 23 heavy (non-hydrogen) atoms. The van der Waals surface area contributed by atoms with Crippen LogP contribution >= 0.6 is 0 Å². The molecule has 0 bridgehead atoms. The van der Waals surface area contributed by atoms with Crippen molar-refractivity contribution in [1.29, 1.82) is 0 Å². The fourth-order valence-electron chi connectivity index (χ4n) is 2.14. The fraction of sp³-hybridized carbons (Fsp3) is 0.333. The molecule has 0 saturated carbocycles. The van der Waals surface area contributed by atoms with Gasteiger partial charge >= 0.3 is 6.18 Å². The van der Waals surface area contributed by atoms with Crippen LogP contribution in [0.15, 0.2) is 36.5 Å². The van der Waals surface area contributed by atoms with E-state index < -0.39 is 17.8 Å². The topological polar surface area (TPSA) is 56.1 Å². The number of nitrogens with zero attached hydrogens (tertiary/aromatic N) is 2. The van der Waals surface area contributed by atoms with Crippen LogP contribution < -0.4 is 10.1 Å². The number of nitrogens with one attached hydrogen (secondary N) is 1. The molecule has 0 saturated heterocycles. The van der Waals surface area contributed by atoms with Crippen LogP contribution in [0.2, 0.25) is 0 Å². The van der Waals surface area contributed by atoms with Crippen molar-refractivity contribution >= 4 is 5.91 Å². The standard InChI is InChI=1S/C15H16F3N3O2/c1-10(11-5-3-4-6-12(11)23-2)19-14(22)9-21-8-7-13(20-21)15(16,17)18/h3-8,10H,9H2,1-2H3,(H,19,22)/t10-/m0/s1. The number of halogens is 3. The summed E-state index contributed by atoms with van der Waals surface area (Å²) in [7, 11) is 1.52. The van der Waals surface area contributed by atoms with Gasteiger partial charge in [0.05, 0.1) is 13.2 Å². The number of carbonyl (C=O) groups is 1. The van der Waals surface area contributed by atoms with Crippen LogP contribution in [-0.4, -0.2) is 22.8 Å². The number of ether oxygens (including phenoxy) is 1. The first kappa shape index (κ1) is 16.9. The molecular weight excluding hydrogens is 311 g/mol. The van der Waals surface area contributed by atoms with Gasteiger partial charge in [0.25, 0.3) is 0 Å². The van der Waals surface area contributed by atoms with E-state index in [1.165, 1.54) is 7.11 Å². The Morgan fingerprint density at radius 1 is 1.35 bits per heavy atom. The van der Waals surface area contributed by atoms with Gasteiger partial charge < -0.3 is 10.1 Å². The van der Waals surface area contributed by atoms with E-state index in [4.69, 9.17) is 4.74 Å². The summed E-state index contributed by atoms with van der Waals surface area (Å²) < 4.78 is 43.6. The van der Waals surface area contributed by atoms with Gasteiger partial charge in [-0.25, -0.2) is 0 Å². The van der Waals surface area contributed by atoms with Crippen LogP contribution in [0, 0.1) is 0 Å². The van der Waals surface area contributed by atoms with Crippen molar-refractivity contribution in [3.63, 3.8) is 0 Å². The number of hydrogen-bond acceptors (Lipinski definition) is 3. The molecule has 1 heterocycles. The average Bonchev–Trinajstić information content (AvgIpc) is 2.95. The summed E-state index contributed by atoms with van der Waals surface area (Å²) in [6.45, 7) is 1.47. The Kier molecular flexibility index (Phi) is 4.92. The smallest absolute Gasteiger partial charge is 0.435 e. The summed E-state index contributed by atoms with van der Waals surface area (Å²) in [5.41, 5.74) is -0.247. The van der Waals surface area contributed by atoms with Crippen LogP contribution in [0.3, 0.4) is 0 Å². The van der Waals surface area contributed by atoms with E-state index in [-0.39, 0.29) is 12.6 Å². The van der Waals surface area contributed by atoms with E-state index >= 15 is 0 Å². The maximum atomic E-state index is 12.5. The molecule has 8 heteroatoms. The lowest BCUT2D eigenvalue weighted by molar-refractivity contribution is -0.141. The highest BCUT2D eigenvalue weighted by molar-refractivity contribution is 5.76. The lowest BCUT2D eigenvalue weighted by atomic mass is 10.1. The number of benzene rings is 1. The highest BCUT2D eigenvalue weighted by Crippen LogP contribution is 2.27. The first-order chi connectivity index (χ1) is 10.8. The van der Waals surface area contributed by atoms with Gasteiger partial charge in [0, 0.05) is 11.8 Å². The number of amides is 1. The Labute approximate surface area is 131 Å². The molecule has 124 valence electrons. The summed E-state index contributed by atoms with van der Waals surface area (Å²) in [4.78, 5) is 12.0. The Balaban J connectivity index is 2.00. The van der Waals surface area contributed by atoms with Crippen LogP contribution in [0.5, 0.6) is 5.75 Å². The molecule has 0 aliphatic rings. The van der Waals surface area contributed by atoms with Crippen LogP contribution in [0.25, 0.3) is 0 Å². The second-order valence-corrected chi connectivity index (χ2v) is 4.93. The average molecular weight is 327 g/mol. The zero-order valence-corrected chi connectivity index (χ0v) is 12.6. The molecule has 2 aromatic rings. The van der Waals surface area contributed by atoms with E-state index in [1.54, 1.807) is 25.1 Å². The summed E-state index contributed by atoms with van der Waals surface area (Å²) in [5, 5.41) is 6.05. The van der Waals surface area contributed by atoms with Crippen molar-refractivity contribution in [3.8, 4) is 5.75 Å². The molecule has 1 aromatic carbocycles. The minimum Gasteiger partial charge on any atom is -0.496 e. The van der Waals surface area contributed by atoms with Crippen molar-refractivity contribution in [2.45, 2.75) is 25.7 Å². The Bertz CT molecular complexity index is 683. The monoisotopic (exact) mass is 327 g/mol. The van der Waals surface area contributed by atoms with Gasteiger partial charge in [0.1, 0.15) is 12.3 Å². The normalized spacial score (nSPS) is 12.7. The predicted octanol–water partition coefficient (Wildman–Crippen LogP) is 2.79. The van der Waals surface area contributed by atoms with E-state index in [2.05, 4.69) is 10.4 Å². The van der Waals surface area contributed by atoms with Gasteiger partial charge in [0.15, 0.2) is 5.69 Å². The Hall–Kier alpha value is -2.51. The number of carbonyl (C=O) groups excluding carboxylic acids is 1. The molecule has 1 aromatic heterocycles. The minimum absolute atomic E-state index is 0.296. The van der Waals surface area contributed by atoms with E-state index in [0.29, 0.717) is 5.75 Å². The Morgan fingerprint density at radius 3 is 2.65 bits per heavy atom. The molecule has 1 N–H and O–H groups in total. The first-order valence-corrected chi connectivity index (χ1v) is 6.84. The van der Waals surface area contributed by atoms with E-state index in [9.17, 15) is 18.0 Å². The second kappa shape index (κ2) is 6.72. The summed E-state index contributed by atoms with van der Waals surface area (Å²) in [6, 6.07) is 7.66. The molecule has 5 nitrogen and oxygen atoms in total. The molecule has 2 rings (SSSR count). The molecular formula is C15H16F3N3O2. The number of rotatable bonds is 5. The maximum Gasteiger partial charge on any atom is 0.435 e. The largest absolute Gasteiger partial charge is 0.496 e. The minimum atomic E-state index is -4.52. The summed E-state index contributed by atoms with van der Waals surface area (Å²) in [5.74, 6) is 0.180. The summed E-state index contributed by atoms with van der Waals surface area (Å²) >= 11 is 0. The summed E-state index contributed by atoms with van der Waals surface area (Å²) in [6.07, 6.45) is -3.40. The highest BCUT2D eigenvalue weighted by atomic mass is 19.4. The molecule has 0 aliphatic heterocycles. The second-order valence-electron chi connectivity index (χ2n) is 4.93. The van der Waals surface area contributed by atoms with Gasteiger partial charge in [-0.3, -0.25) is 9.48 Å². The molecule has 1 amide bonds. The van der Waals surface area contributed by atoms with Crippen molar-refractivity contribution in [2.24, 2.45) is 0 Å². The molecule has 0 fully saturated rings. The Morgan fingerprint density at radius 2 is 2.04 bits per heavy atom. The molecule has 1 atom stereocenters. The first-order valence-electron chi connectivity index (χ1n) is 6.84. The van der Waals surface area contributed by atoms with Crippen LogP contribution in [0.4, 0.5) is 13.2 Å². The quantitative estimate of drug-likeness (QED) is 0.919. The lowest BCUT2D eigenvalue weighted by Gasteiger charge is -2.17. The molecule has 0 radical (unpaired) electrons. The van der Waals surface area contributed by atoms with E-state index in [0.717, 1.165) is 22.5 Å². The molecule has 0 spiro atoms. The zero-order chi connectivity index (χ0) is 17.0. The van der Waals surface area contributed by atoms with Crippen molar-refractivity contribution in [3.05, 3.63) is 47.8 Å². The van der Waals surface area contributed by atoms with Crippen molar-refractivity contribution in [2.75, 3.05) is 7.11 Å². The highest BCUT2D eigenvalue weighted by Gasteiger charge is 2.33. The maximum absolute atomic E-state index is 12.5. The third kappa shape index (κ3) is 4.24. The zero-order valence-electron chi connectivity index (χ0n) is 12.6. The number of hydrogen-bond donors (Lipinski definition) is 1. The number of alkyl halides is 3. The third-order valence-electron chi connectivity index (χ3n) is 3.22. The van der Waals surface area contributed by atoms with Gasteiger partial charge in [-0.2, -0.15) is 18.3 Å². The number of para-hydroxylation sites is 1. The van der Waals surface area contributed by atoms with Crippen LogP contribution in [0.1, 0.15) is 24.2 Å². The molecule has 0 unspecified atom stereocenters. The molecule has 0 aliphatic carbocycles. The number of methoxy groups -OCH3 is 1. The number of aromatic nitrogens is 2. The van der Waals surface area contributed by atoms with E-state index in [1.807, 2.05) is 6.07 Å². The van der Waals surface area contributed by atoms with Gasteiger partial charge in [0.2, 0.25) is 5.91 Å². The fourth-order valence-corrected chi connectivity index (χ4v) is 2.14.